The van der Waals surface area contributed by atoms with Crippen LogP contribution in [-0.2, 0) is 0 Å². The van der Waals surface area contributed by atoms with Crippen molar-refractivity contribution in [3.05, 3.63) is 33.6 Å². The number of nitrogens with zero attached hydrogens (tertiary/aromatic N) is 5. The van der Waals surface area contributed by atoms with E-state index in [0.717, 1.165) is 28.9 Å². The van der Waals surface area contributed by atoms with Crippen LogP contribution in [-0.4, -0.2) is 18.1 Å². The van der Waals surface area contributed by atoms with Crippen LogP contribution >= 0.6 is 11.3 Å². The highest BCUT2D eigenvalue weighted by Crippen LogP contribution is 2.24. The molecule has 0 spiro atoms. The third kappa shape index (κ3) is 2.88. The number of nitriles is 1. The molecule has 1 aromatic carbocycles. The first-order valence-electron chi connectivity index (χ1n) is 5.39. The maximum absolute atomic E-state index is 8.77. The highest BCUT2D eigenvalue weighted by Gasteiger charge is 2.03. The maximum Gasteiger partial charge on any atom is 0.195 e. The number of nitrogens with one attached hydrogen (secondary N) is 1. The third-order valence-corrected chi connectivity index (χ3v) is 3.23. The minimum absolute atomic E-state index is 0.477. The zero-order valence-electron chi connectivity index (χ0n) is 9.50. The lowest BCUT2D eigenvalue weighted by Gasteiger charge is -2.04. The molecule has 0 saturated carbocycles. The van der Waals surface area contributed by atoms with Crippen LogP contribution in [0.25, 0.3) is 20.7 Å². The van der Waals surface area contributed by atoms with Crippen LogP contribution < -0.4 is 5.32 Å². The molecular weight excluding hydrogens is 248 g/mol. The molecule has 90 valence electrons. The smallest absolute Gasteiger partial charge is 0.195 e. The number of benzene rings is 1. The summed E-state index contributed by atoms with van der Waals surface area (Å²) in [7, 11) is 0. The van der Waals surface area contributed by atoms with E-state index in [1.54, 1.807) is 0 Å². The minimum atomic E-state index is 0.477. The highest BCUT2D eigenvalue weighted by atomic mass is 32.1. The van der Waals surface area contributed by atoms with Crippen LogP contribution in [0.1, 0.15) is 11.4 Å². The molecule has 7 heteroatoms. The fraction of sp³-hybridized carbons (Fsp3) is 0.273. The number of azide groups is 1. The predicted octanol–water partition coefficient (Wildman–Crippen LogP) is 3.28. The first-order valence-corrected chi connectivity index (χ1v) is 6.20. The maximum atomic E-state index is 8.77. The summed E-state index contributed by atoms with van der Waals surface area (Å²) in [5.74, 6) is 0. The summed E-state index contributed by atoms with van der Waals surface area (Å²) in [4.78, 5) is 6.86. The Morgan fingerprint density at radius 2 is 2.44 bits per heavy atom. The molecule has 0 aliphatic carbocycles. The van der Waals surface area contributed by atoms with Gasteiger partial charge in [-0.15, -0.1) is 11.3 Å². The molecule has 0 radical (unpaired) electrons. The average Bonchev–Trinajstić information content (AvgIpc) is 2.80. The van der Waals surface area contributed by atoms with Crippen molar-refractivity contribution in [1.82, 2.24) is 4.98 Å². The van der Waals surface area contributed by atoms with Crippen molar-refractivity contribution in [2.24, 2.45) is 5.11 Å². The second-order valence-electron chi connectivity index (χ2n) is 3.55. The number of thiazole rings is 1. The Balaban J connectivity index is 2.01. The molecule has 0 atom stereocenters. The van der Waals surface area contributed by atoms with E-state index in [0.29, 0.717) is 11.6 Å². The van der Waals surface area contributed by atoms with Gasteiger partial charge in [0.1, 0.15) is 6.07 Å². The van der Waals surface area contributed by atoms with Crippen LogP contribution in [0.5, 0.6) is 0 Å². The monoisotopic (exact) mass is 258 g/mol. The quantitative estimate of drug-likeness (QED) is 0.385. The van der Waals surface area contributed by atoms with Crippen molar-refractivity contribution < 1.29 is 0 Å². The molecule has 2 rings (SSSR count). The lowest BCUT2D eigenvalue weighted by molar-refractivity contribution is 0.867. The van der Waals surface area contributed by atoms with E-state index in [2.05, 4.69) is 20.3 Å². The van der Waals surface area contributed by atoms with E-state index in [9.17, 15) is 0 Å². The second kappa shape index (κ2) is 5.87. The minimum Gasteiger partial charge on any atom is -0.385 e. The van der Waals surface area contributed by atoms with Gasteiger partial charge in [-0.1, -0.05) is 5.11 Å². The average molecular weight is 258 g/mol. The summed E-state index contributed by atoms with van der Waals surface area (Å²) in [6.07, 6.45) is 0.786. The first kappa shape index (κ1) is 12.2. The molecule has 1 heterocycles. The largest absolute Gasteiger partial charge is 0.385 e. The molecule has 1 N–H and O–H groups in total. The van der Waals surface area contributed by atoms with Crippen molar-refractivity contribution in [2.45, 2.75) is 6.42 Å². The molecule has 6 nitrogen and oxygen atoms in total. The number of rotatable bonds is 5. The lowest BCUT2D eigenvalue weighted by atomic mass is 10.3. The number of hydrogen-bond donors (Lipinski definition) is 1. The fourth-order valence-corrected chi connectivity index (χ4v) is 2.31. The third-order valence-electron chi connectivity index (χ3n) is 2.31. The number of anilines is 1. The molecule has 1 aromatic heterocycles. The molecule has 18 heavy (non-hydrogen) atoms. The van der Waals surface area contributed by atoms with E-state index in [4.69, 9.17) is 10.8 Å². The fourth-order valence-electron chi connectivity index (χ4n) is 1.51. The van der Waals surface area contributed by atoms with Crippen LogP contribution in [0.3, 0.4) is 0 Å². The van der Waals surface area contributed by atoms with Gasteiger partial charge in [0, 0.05) is 23.7 Å². The Hall–Kier alpha value is -2.29. The van der Waals surface area contributed by atoms with Gasteiger partial charge in [0.05, 0.1) is 10.2 Å². The Morgan fingerprint density at radius 1 is 1.56 bits per heavy atom. The van der Waals surface area contributed by atoms with E-state index in [-0.39, 0.29) is 0 Å². The van der Waals surface area contributed by atoms with Gasteiger partial charge in [-0.2, -0.15) is 5.26 Å². The van der Waals surface area contributed by atoms with Crippen LogP contribution in [0, 0.1) is 11.3 Å². The SMILES string of the molecule is N#Cc1nc2ccc(NCCCN=[N+]=[N-])cc2s1. The van der Waals surface area contributed by atoms with E-state index < -0.39 is 0 Å². The summed E-state index contributed by atoms with van der Waals surface area (Å²) in [6, 6.07) is 7.83. The van der Waals surface area contributed by atoms with Crippen LogP contribution in [0.15, 0.2) is 23.3 Å². The van der Waals surface area contributed by atoms with Crippen molar-refractivity contribution >= 4 is 27.2 Å². The Kier molecular flexibility index (Phi) is 3.97. The first-order chi connectivity index (χ1) is 8.83. The molecule has 0 saturated heterocycles. The van der Waals surface area contributed by atoms with Gasteiger partial charge in [-0.05, 0) is 30.2 Å². The molecule has 0 aliphatic rings. The Morgan fingerprint density at radius 3 is 3.22 bits per heavy atom. The molecule has 0 amide bonds. The molecule has 0 fully saturated rings. The number of aromatic nitrogens is 1. The second-order valence-corrected chi connectivity index (χ2v) is 4.58. The molecule has 0 unspecified atom stereocenters. The van der Waals surface area contributed by atoms with Gasteiger partial charge >= 0.3 is 0 Å². The Bertz CT molecular complexity index is 635. The molecule has 0 bridgehead atoms. The standard InChI is InChI=1S/C11H10N6S/c12-7-11-16-9-3-2-8(6-10(9)18-11)14-4-1-5-15-17-13/h2-3,6,14H,1,4-5H2. The number of fused-ring (bicyclic) bond motifs is 1. The van der Waals surface area contributed by atoms with Gasteiger partial charge in [-0.3, -0.25) is 0 Å². The summed E-state index contributed by atoms with van der Waals surface area (Å²) in [5.41, 5.74) is 9.96. The van der Waals surface area contributed by atoms with Gasteiger partial charge in [-0.25, -0.2) is 4.98 Å². The van der Waals surface area contributed by atoms with Gasteiger partial charge in [0.25, 0.3) is 0 Å². The van der Waals surface area contributed by atoms with Crippen LogP contribution in [0.2, 0.25) is 0 Å². The summed E-state index contributed by atoms with van der Waals surface area (Å²) >= 11 is 1.38. The zero-order valence-corrected chi connectivity index (χ0v) is 10.3. The van der Waals surface area contributed by atoms with E-state index in [1.807, 2.05) is 24.3 Å². The van der Waals surface area contributed by atoms with Gasteiger partial charge in [0.15, 0.2) is 5.01 Å². The van der Waals surface area contributed by atoms with Gasteiger partial charge in [0.2, 0.25) is 0 Å². The van der Waals surface area contributed by atoms with Crippen molar-refractivity contribution in [3.8, 4) is 6.07 Å². The van der Waals surface area contributed by atoms with Crippen LogP contribution in [0.4, 0.5) is 5.69 Å². The lowest BCUT2D eigenvalue weighted by Crippen LogP contribution is -2.02. The normalized spacial score (nSPS) is 9.72. The highest BCUT2D eigenvalue weighted by molar-refractivity contribution is 7.19. The summed E-state index contributed by atoms with van der Waals surface area (Å²) in [5, 5.41) is 16.0. The zero-order chi connectivity index (χ0) is 12.8. The number of hydrogen-bond acceptors (Lipinski definition) is 5. The predicted molar refractivity (Wildman–Crippen MR) is 71.5 cm³/mol. The van der Waals surface area contributed by atoms with E-state index in [1.165, 1.54) is 11.3 Å². The van der Waals surface area contributed by atoms with Crippen molar-refractivity contribution in [1.29, 1.82) is 5.26 Å². The summed E-state index contributed by atoms with van der Waals surface area (Å²) in [6.45, 7) is 1.24. The molecule has 2 aromatic rings. The molecular formula is C11H10N6S. The van der Waals surface area contributed by atoms with Gasteiger partial charge < -0.3 is 5.32 Å². The van der Waals surface area contributed by atoms with Crippen molar-refractivity contribution in [2.75, 3.05) is 18.4 Å². The van der Waals surface area contributed by atoms with E-state index >= 15 is 0 Å². The molecule has 0 aliphatic heterocycles. The Labute approximate surface area is 108 Å². The topological polar surface area (TPSA) is 97.5 Å². The van der Waals surface area contributed by atoms with Crippen molar-refractivity contribution in [3.63, 3.8) is 0 Å². The summed E-state index contributed by atoms with van der Waals surface area (Å²) < 4.78 is 0.992.